The highest BCUT2D eigenvalue weighted by molar-refractivity contribution is 7.87. The predicted molar refractivity (Wildman–Crippen MR) is 114 cm³/mol. The molecule has 8 nitrogen and oxygen atoms in total. The van der Waals surface area contributed by atoms with Crippen molar-refractivity contribution in [1.29, 1.82) is 0 Å². The van der Waals surface area contributed by atoms with E-state index in [2.05, 4.69) is 0 Å². The molecule has 1 fully saturated rings. The number of carbonyl (C=O) groups is 1. The van der Waals surface area contributed by atoms with Gasteiger partial charge in [0.25, 0.3) is 0 Å². The molecule has 31 heavy (non-hydrogen) atoms. The largest absolute Gasteiger partial charge is 0.497 e. The van der Waals surface area contributed by atoms with Gasteiger partial charge in [-0.15, -0.1) is 0 Å². The number of amides is 1. The number of methoxy groups -OCH3 is 2. The Hall–Kier alpha value is -2.62. The SMILES string of the molecule is COCC(=O)N(Cc1ccccc1OS(=O)(=O)c1ccc(OC)cc1)CC1CCCO1. The molecule has 1 unspecified atom stereocenters. The fraction of sp³-hybridized carbons (Fsp3) is 0.409. The van der Waals surface area contributed by atoms with Crippen LogP contribution in [0.15, 0.2) is 53.4 Å². The van der Waals surface area contributed by atoms with Crippen LogP contribution < -0.4 is 8.92 Å². The van der Waals surface area contributed by atoms with E-state index in [9.17, 15) is 13.2 Å². The second-order valence-electron chi connectivity index (χ2n) is 7.16. The molecular formula is C22H27NO7S. The molecule has 0 radical (unpaired) electrons. The number of ether oxygens (including phenoxy) is 3. The molecule has 1 saturated heterocycles. The van der Waals surface area contributed by atoms with Crippen molar-refractivity contribution in [2.75, 3.05) is 34.0 Å². The van der Waals surface area contributed by atoms with Crippen molar-refractivity contribution < 1.29 is 31.6 Å². The maximum atomic E-state index is 12.8. The molecule has 0 spiro atoms. The Kier molecular flexibility index (Phi) is 7.89. The Balaban J connectivity index is 1.80. The third kappa shape index (κ3) is 6.19. The number of hydrogen-bond acceptors (Lipinski definition) is 7. The van der Waals surface area contributed by atoms with Gasteiger partial charge in [0.15, 0.2) is 0 Å². The van der Waals surface area contributed by atoms with Crippen molar-refractivity contribution >= 4 is 16.0 Å². The molecule has 0 aliphatic carbocycles. The molecule has 3 rings (SSSR count). The first-order valence-electron chi connectivity index (χ1n) is 9.97. The molecule has 0 N–H and O–H groups in total. The lowest BCUT2D eigenvalue weighted by Gasteiger charge is -2.26. The molecule has 1 aliphatic heterocycles. The number of para-hydroxylation sites is 1. The maximum absolute atomic E-state index is 12.8. The fourth-order valence-corrected chi connectivity index (χ4v) is 4.30. The highest BCUT2D eigenvalue weighted by atomic mass is 32.2. The van der Waals surface area contributed by atoms with E-state index in [4.69, 9.17) is 18.4 Å². The minimum absolute atomic E-state index is 0.00905. The van der Waals surface area contributed by atoms with Crippen molar-refractivity contribution in [3.8, 4) is 11.5 Å². The second-order valence-corrected chi connectivity index (χ2v) is 8.71. The molecule has 1 aliphatic rings. The highest BCUT2D eigenvalue weighted by Crippen LogP contribution is 2.26. The van der Waals surface area contributed by atoms with Gasteiger partial charge in [-0.2, -0.15) is 8.42 Å². The van der Waals surface area contributed by atoms with Crippen LogP contribution in [-0.2, 0) is 30.9 Å². The first-order valence-corrected chi connectivity index (χ1v) is 11.4. The van der Waals surface area contributed by atoms with Crippen LogP contribution in [0.25, 0.3) is 0 Å². The summed E-state index contributed by atoms with van der Waals surface area (Å²) in [7, 11) is -1.10. The summed E-state index contributed by atoms with van der Waals surface area (Å²) in [6, 6.07) is 12.7. The van der Waals surface area contributed by atoms with Gasteiger partial charge in [-0.05, 0) is 43.2 Å². The summed E-state index contributed by atoms with van der Waals surface area (Å²) in [5.74, 6) is 0.507. The smallest absolute Gasteiger partial charge is 0.339 e. The minimum Gasteiger partial charge on any atom is -0.497 e. The van der Waals surface area contributed by atoms with Gasteiger partial charge >= 0.3 is 10.1 Å². The summed E-state index contributed by atoms with van der Waals surface area (Å²) in [5, 5.41) is 0. The summed E-state index contributed by atoms with van der Waals surface area (Å²) >= 11 is 0. The standard InChI is InChI=1S/C22H27NO7S/c1-27-16-22(24)23(15-19-7-5-13-29-19)14-17-6-3-4-8-21(17)30-31(25,26)20-11-9-18(28-2)10-12-20/h3-4,6,8-12,19H,5,7,13-16H2,1-2H3. The predicted octanol–water partition coefficient (Wildman–Crippen LogP) is 2.62. The zero-order chi connectivity index (χ0) is 22.3. The lowest BCUT2D eigenvalue weighted by molar-refractivity contribution is -0.137. The third-order valence-electron chi connectivity index (χ3n) is 4.95. The van der Waals surface area contributed by atoms with Gasteiger partial charge < -0.3 is 23.3 Å². The Morgan fingerprint density at radius 1 is 1.13 bits per heavy atom. The van der Waals surface area contributed by atoms with Crippen LogP contribution in [0.3, 0.4) is 0 Å². The van der Waals surface area contributed by atoms with Crippen molar-refractivity contribution in [2.24, 2.45) is 0 Å². The summed E-state index contributed by atoms with van der Waals surface area (Å²) in [4.78, 5) is 14.2. The number of nitrogens with zero attached hydrogens (tertiary/aromatic N) is 1. The molecule has 2 aromatic rings. The maximum Gasteiger partial charge on any atom is 0.339 e. The lowest BCUT2D eigenvalue weighted by atomic mass is 10.1. The van der Waals surface area contributed by atoms with Crippen LogP contribution in [0, 0.1) is 0 Å². The van der Waals surface area contributed by atoms with Crippen LogP contribution in [0.4, 0.5) is 0 Å². The van der Waals surface area contributed by atoms with E-state index < -0.39 is 10.1 Å². The molecular weight excluding hydrogens is 422 g/mol. The molecule has 0 aromatic heterocycles. The van der Waals surface area contributed by atoms with Gasteiger partial charge in [-0.3, -0.25) is 4.79 Å². The van der Waals surface area contributed by atoms with E-state index in [1.165, 1.54) is 26.4 Å². The van der Waals surface area contributed by atoms with Crippen LogP contribution in [0.5, 0.6) is 11.5 Å². The second kappa shape index (κ2) is 10.6. The summed E-state index contributed by atoms with van der Waals surface area (Å²) in [6.07, 6.45) is 1.79. The molecule has 0 saturated carbocycles. The molecule has 1 amide bonds. The Morgan fingerprint density at radius 3 is 2.52 bits per heavy atom. The first kappa shape index (κ1) is 23.1. The number of benzene rings is 2. The molecule has 1 heterocycles. The summed E-state index contributed by atoms with van der Waals surface area (Å²) < 4.78 is 46.7. The molecule has 168 valence electrons. The molecule has 9 heteroatoms. The van der Waals surface area contributed by atoms with Crippen LogP contribution in [-0.4, -0.2) is 59.3 Å². The average Bonchev–Trinajstić information content (AvgIpc) is 3.28. The van der Waals surface area contributed by atoms with Crippen molar-refractivity contribution in [2.45, 2.75) is 30.4 Å². The van der Waals surface area contributed by atoms with Gasteiger partial charge in [0.1, 0.15) is 23.0 Å². The molecule has 2 aromatic carbocycles. The third-order valence-corrected chi connectivity index (χ3v) is 6.20. The van der Waals surface area contributed by atoms with Gasteiger partial charge in [0.2, 0.25) is 5.91 Å². The number of carbonyl (C=O) groups excluding carboxylic acids is 1. The average molecular weight is 450 g/mol. The topological polar surface area (TPSA) is 91.4 Å². The molecule has 0 bridgehead atoms. The number of hydrogen-bond donors (Lipinski definition) is 0. The van der Waals surface area contributed by atoms with Crippen molar-refractivity contribution in [1.82, 2.24) is 4.90 Å². The van der Waals surface area contributed by atoms with E-state index in [1.54, 1.807) is 41.3 Å². The normalized spacial score (nSPS) is 16.1. The lowest BCUT2D eigenvalue weighted by Crippen LogP contribution is -2.39. The van der Waals surface area contributed by atoms with E-state index in [1.807, 2.05) is 0 Å². The van der Waals surface area contributed by atoms with Gasteiger partial charge in [0, 0.05) is 32.4 Å². The monoisotopic (exact) mass is 449 g/mol. The van der Waals surface area contributed by atoms with E-state index in [-0.39, 0.29) is 35.8 Å². The Labute approximate surface area is 182 Å². The van der Waals surface area contributed by atoms with Crippen molar-refractivity contribution in [3.05, 3.63) is 54.1 Å². The van der Waals surface area contributed by atoms with Gasteiger partial charge in [-0.25, -0.2) is 0 Å². The highest BCUT2D eigenvalue weighted by Gasteiger charge is 2.25. The summed E-state index contributed by atoms with van der Waals surface area (Å²) in [5.41, 5.74) is 0.571. The fourth-order valence-electron chi connectivity index (χ4n) is 3.33. The van der Waals surface area contributed by atoms with Crippen LogP contribution >= 0.6 is 0 Å². The van der Waals surface area contributed by atoms with E-state index >= 15 is 0 Å². The first-order chi connectivity index (χ1) is 14.9. The van der Waals surface area contributed by atoms with Crippen LogP contribution in [0.1, 0.15) is 18.4 Å². The zero-order valence-corrected chi connectivity index (χ0v) is 18.5. The van der Waals surface area contributed by atoms with E-state index in [0.717, 1.165) is 12.8 Å². The summed E-state index contributed by atoms with van der Waals surface area (Å²) in [6.45, 7) is 1.19. The molecule has 1 atom stereocenters. The Bertz CT molecular complexity index is 970. The minimum atomic E-state index is -4.06. The van der Waals surface area contributed by atoms with Crippen molar-refractivity contribution in [3.63, 3.8) is 0 Å². The van der Waals surface area contributed by atoms with Crippen LogP contribution in [0.2, 0.25) is 0 Å². The van der Waals surface area contributed by atoms with Gasteiger partial charge in [-0.1, -0.05) is 18.2 Å². The quantitative estimate of drug-likeness (QED) is 0.515. The van der Waals surface area contributed by atoms with E-state index in [0.29, 0.717) is 24.5 Å². The van der Waals surface area contributed by atoms with Gasteiger partial charge in [0.05, 0.1) is 13.2 Å². The zero-order valence-electron chi connectivity index (χ0n) is 17.7. The number of rotatable bonds is 10. The Morgan fingerprint density at radius 2 is 1.87 bits per heavy atom.